The number of hydrogen-bond acceptors (Lipinski definition) is 4. The van der Waals surface area contributed by atoms with Gasteiger partial charge in [-0.25, -0.2) is 0 Å². The molecule has 5 heteroatoms. The first-order valence-corrected chi connectivity index (χ1v) is 9.43. The molecule has 0 aliphatic carbocycles. The second-order valence-corrected chi connectivity index (χ2v) is 7.00. The molecule has 2 aliphatic rings. The number of hydrogen-bond donors (Lipinski definition) is 0. The Hall–Kier alpha value is -0.650. The molecule has 2 rings (SSSR count). The maximum absolute atomic E-state index is 12.8. The Bertz CT molecular complexity index is 356. The molecule has 134 valence electrons. The molecule has 0 radical (unpaired) electrons. The minimum Gasteiger partial charge on any atom is -0.383 e. The average molecular weight is 325 g/mol. The highest BCUT2D eigenvalue weighted by atomic mass is 16.5. The van der Waals surface area contributed by atoms with E-state index in [0.29, 0.717) is 11.9 Å². The lowest BCUT2D eigenvalue weighted by molar-refractivity contribution is -0.137. The molecule has 0 bridgehead atoms. The summed E-state index contributed by atoms with van der Waals surface area (Å²) in [5.74, 6) is 0.340. The van der Waals surface area contributed by atoms with E-state index in [4.69, 9.17) is 4.74 Å². The molecule has 1 amide bonds. The van der Waals surface area contributed by atoms with Gasteiger partial charge >= 0.3 is 0 Å². The molecule has 2 heterocycles. The van der Waals surface area contributed by atoms with Crippen LogP contribution in [0.2, 0.25) is 0 Å². The number of piperazine rings is 1. The van der Waals surface area contributed by atoms with E-state index in [-0.39, 0.29) is 6.04 Å². The van der Waals surface area contributed by atoms with E-state index in [0.717, 1.165) is 52.3 Å². The molecular weight excluding hydrogens is 290 g/mol. The van der Waals surface area contributed by atoms with Gasteiger partial charge in [0.2, 0.25) is 5.91 Å². The van der Waals surface area contributed by atoms with Gasteiger partial charge in [-0.05, 0) is 26.2 Å². The highest BCUT2D eigenvalue weighted by Gasteiger charge is 2.32. The van der Waals surface area contributed by atoms with Gasteiger partial charge < -0.3 is 9.64 Å². The fourth-order valence-electron chi connectivity index (χ4n) is 3.87. The summed E-state index contributed by atoms with van der Waals surface area (Å²) in [6.07, 6.45) is 6.01. The van der Waals surface area contributed by atoms with Crippen molar-refractivity contribution in [2.45, 2.75) is 58.0 Å². The highest BCUT2D eigenvalue weighted by molar-refractivity contribution is 5.81. The second kappa shape index (κ2) is 9.60. The highest BCUT2D eigenvalue weighted by Crippen LogP contribution is 2.18. The average Bonchev–Trinajstić information content (AvgIpc) is 2.87. The van der Waals surface area contributed by atoms with Crippen LogP contribution in [0, 0.1) is 0 Å². The third kappa shape index (κ3) is 5.16. The van der Waals surface area contributed by atoms with Crippen molar-refractivity contribution in [3.05, 3.63) is 0 Å². The standard InChI is InChI=1S/C18H35N3O2/c1-4-17-15-21(12-11-19(17)13-14-23-3)16(2)18(22)20-9-7-5-6-8-10-20/h16-17H,4-15H2,1-3H3/t16-,17-/m0/s1. The van der Waals surface area contributed by atoms with Crippen molar-refractivity contribution < 1.29 is 9.53 Å². The Balaban J connectivity index is 1.89. The summed E-state index contributed by atoms with van der Waals surface area (Å²) < 4.78 is 5.23. The Labute approximate surface area is 141 Å². The van der Waals surface area contributed by atoms with E-state index >= 15 is 0 Å². The van der Waals surface area contributed by atoms with Gasteiger partial charge in [-0.1, -0.05) is 19.8 Å². The fraction of sp³-hybridized carbons (Fsp3) is 0.944. The van der Waals surface area contributed by atoms with Gasteiger partial charge in [-0.15, -0.1) is 0 Å². The number of carbonyl (C=O) groups is 1. The zero-order chi connectivity index (χ0) is 16.7. The number of nitrogens with zero attached hydrogens (tertiary/aromatic N) is 3. The van der Waals surface area contributed by atoms with Crippen LogP contribution in [0.1, 0.15) is 46.0 Å². The van der Waals surface area contributed by atoms with Crippen molar-refractivity contribution in [3.63, 3.8) is 0 Å². The lowest BCUT2D eigenvalue weighted by Crippen LogP contribution is -2.58. The molecule has 0 N–H and O–H groups in total. The van der Waals surface area contributed by atoms with Crippen molar-refractivity contribution in [1.82, 2.24) is 14.7 Å². The minimum absolute atomic E-state index is 0.0201. The summed E-state index contributed by atoms with van der Waals surface area (Å²) in [6.45, 7) is 11.1. The van der Waals surface area contributed by atoms with Gasteiger partial charge in [0.15, 0.2) is 0 Å². The van der Waals surface area contributed by atoms with Crippen molar-refractivity contribution in [1.29, 1.82) is 0 Å². The van der Waals surface area contributed by atoms with Crippen LogP contribution in [0.15, 0.2) is 0 Å². The topological polar surface area (TPSA) is 36.0 Å². The molecule has 2 saturated heterocycles. The quantitative estimate of drug-likeness (QED) is 0.746. The van der Waals surface area contributed by atoms with E-state index < -0.39 is 0 Å². The van der Waals surface area contributed by atoms with Gasteiger partial charge in [-0.2, -0.15) is 0 Å². The van der Waals surface area contributed by atoms with Crippen molar-refractivity contribution in [3.8, 4) is 0 Å². The van der Waals surface area contributed by atoms with E-state index in [9.17, 15) is 4.79 Å². The fourth-order valence-corrected chi connectivity index (χ4v) is 3.87. The molecule has 2 fully saturated rings. The van der Waals surface area contributed by atoms with Gasteiger partial charge in [-0.3, -0.25) is 14.6 Å². The molecule has 0 saturated carbocycles. The smallest absolute Gasteiger partial charge is 0.239 e. The van der Waals surface area contributed by atoms with Crippen molar-refractivity contribution in [2.75, 3.05) is 53.0 Å². The number of methoxy groups -OCH3 is 1. The van der Waals surface area contributed by atoms with Crippen LogP contribution < -0.4 is 0 Å². The minimum atomic E-state index is 0.0201. The summed E-state index contributed by atoms with van der Waals surface area (Å²) in [5, 5.41) is 0. The van der Waals surface area contributed by atoms with Gasteiger partial charge in [0.05, 0.1) is 12.6 Å². The molecule has 0 aromatic carbocycles. The van der Waals surface area contributed by atoms with Crippen LogP contribution in [0.5, 0.6) is 0 Å². The third-order valence-electron chi connectivity index (χ3n) is 5.51. The Morgan fingerprint density at radius 1 is 1.13 bits per heavy atom. The van der Waals surface area contributed by atoms with E-state index in [2.05, 4.69) is 28.5 Å². The number of carbonyl (C=O) groups excluding carboxylic acids is 1. The number of rotatable bonds is 6. The summed E-state index contributed by atoms with van der Waals surface area (Å²) in [6, 6.07) is 0.560. The monoisotopic (exact) mass is 325 g/mol. The van der Waals surface area contributed by atoms with Crippen LogP contribution in [0.25, 0.3) is 0 Å². The molecule has 23 heavy (non-hydrogen) atoms. The van der Waals surface area contributed by atoms with Gasteiger partial charge in [0.1, 0.15) is 0 Å². The summed E-state index contributed by atoms with van der Waals surface area (Å²) >= 11 is 0. The van der Waals surface area contributed by atoms with E-state index in [1.54, 1.807) is 7.11 Å². The first-order chi connectivity index (χ1) is 11.2. The van der Waals surface area contributed by atoms with Crippen LogP contribution in [-0.4, -0.2) is 85.7 Å². The lowest BCUT2D eigenvalue weighted by atomic mass is 10.1. The largest absolute Gasteiger partial charge is 0.383 e. The van der Waals surface area contributed by atoms with E-state index in [1.807, 2.05) is 0 Å². The lowest BCUT2D eigenvalue weighted by Gasteiger charge is -2.43. The molecular formula is C18H35N3O2. The van der Waals surface area contributed by atoms with E-state index in [1.165, 1.54) is 25.7 Å². The maximum atomic E-state index is 12.8. The molecule has 0 unspecified atom stereocenters. The first kappa shape index (κ1) is 18.7. The van der Waals surface area contributed by atoms with Crippen LogP contribution in [0.3, 0.4) is 0 Å². The zero-order valence-corrected chi connectivity index (χ0v) is 15.3. The number of amides is 1. The molecule has 2 aliphatic heterocycles. The molecule has 5 nitrogen and oxygen atoms in total. The molecule has 0 aromatic heterocycles. The maximum Gasteiger partial charge on any atom is 0.239 e. The van der Waals surface area contributed by atoms with Gasteiger partial charge in [0, 0.05) is 52.4 Å². The summed E-state index contributed by atoms with van der Waals surface area (Å²) in [4.78, 5) is 19.9. The molecule has 0 aromatic rings. The Kier molecular flexibility index (Phi) is 7.80. The summed E-state index contributed by atoms with van der Waals surface area (Å²) in [5.41, 5.74) is 0. The van der Waals surface area contributed by atoms with Crippen LogP contribution in [-0.2, 0) is 9.53 Å². The molecule has 0 spiro atoms. The third-order valence-corrected chi connectivity index (χ3v) is 5.51. The second-order valence-electron chi connectivity index (χ2n) is 7.00. The van der Waals surface area contributed by atoms with Crippen LogP contribution >= 0.6 is 0 Å². The van der Waals surface area contributed by atoms with Crippen molar-refractivity contribution in [2.24, 2.45) is 0 Å². The first-order valence-electron chi connectivity index (χ1n) is 9.43. The predicted molar refractivity (Wildman–Crippen MR) is 93.6 cm³/mol. The van der Waals surface area contributed by atoms with Crippen LogP contribution in [0.4, 0.5) is 0 Å². The molecule has 2 atom stereocenters. The van der Waals surface area contributed by atoms with Crippen molar-refractivity contribution >= 4 is 5.91 Å². The summed E-state index contributed by atoms with van der Waals surface area (Å²) in [7, 11) is 1.76. The SMILES string of the molecule is CC[C@H]1CN([C@@H](C)C(=O)N2CCCCCC2)CCN1CCOC. The Morgan fingerprint density at radius 2 is 1.83 bits per heavy atom. The normalized spacial score (nSPS) is 26.0. The predicted octanol–water partition coefficient (Wildman–Crippen LogP) is 1.82. The zero-order valence-electron chi connectivity index (χ0n) is 15.3. The number of likely N-dealkylation sites (tertiary alicyclic amines) is 1. The van der Waals surface area contributed by atoms with Gasteiger partial charge in [0.25, 0.3) is 0 Å². The number of ether oxygens (including phenoxy) is 1. The Morgan fingerprint density at radius 3 is 2.43 bits per heavy atom.